The zero-order chi connectivity index (χ0) is 14.1. The van der Waals surface area contributed by atoms with Crippen LogP contribution >= 0.6 is 0 Å². The second-order valence-corrected chi connectivity index (χ2v) is 4.38. The van der Waals surface area contributed by atoms with Gasteiger partial charge in [0.25, 0.3) is 5.56 Å². The quantitative estimate of drug-likeness (QED) is 0.572. The lowest BCUT2D eigenvalue weighted by Gasteiger charge is -2.06. The monoisotopic (exact) mass is 268 g/mol. The van der Waals surface area contributed by atoms with E-state index in [1.807, 2.05) is 18.2 Å². The number of hydrogen-bond acceptors (Lipinski definition) is 3. The molecule has 1 aromatic heterocycles. The van der Waals surface area contributed by atoms with Crippen molar-refractivity contribution in [3.05, 3.63) is 58.9 Å². The van der Waals surface area contributed by atoms with Crippen molar-refractivity contribution in [1.29, 1.82) is 0 Å². The Morgan fingerprint density at radius 3 is 2.50 bits per heavy atom. The van der Waals surface area contributed by atoms with Crippen LogP contribution in [0.5, 0.6) is 5.75 Å². The number of para-hydroxylation sites is 1. The number of ether oxygens (including phenoxy) is 1. The normalized spacial score (nSPS) is 10.7. The Morgan fingerprint density at radius 1 is 1.10 bits per heavy atom. The molecule has 0 bridgehead atoms. The summed E-state index contributed by atoms with van der Waals surface area (Å²) in [4.78, 5) is 22.7. The van der Waals surface area contributed by atoms with Crippen LogP contribution in [0.15, 0.2) is 53.3 Å². The second kappa shape index (κ2) is 4.70. The first-order valence-corrected chi connectivity index (χ1v) is 6.14. The summed E-state index contributed by atoms with van der Waals surface area (Å²) in [5.74, 6) is 0.109. The minimum atomic E-state index is -0.363. The number of nitrogens with zero attached hydrogens (tertiary/aromatic N) is 1. The first-order valence-electron chi connectivity index (χ1n) is 6.14. The van der Waals surface area contributed by atoms with Crippen LogP contribution in [0.1, 0.15) is 6.92 Å². The lowest BCUT2D eigenvalue weighted by molar-refractivity contribution is -0.131. The van der Waals surface area contributed by atoms with Gasteiger partial charge in [-0.25, -0.2) is 0 Å². The van der Waals surface area contributed by atoms with Crippen molar-refractivity contribution < 1.29 is 9.53 Å². The predicted molar refractivity (Wildman–Crippen MR) is 75.2 cm³/mol. The highest BCUT2D eigenvalue weighted by atomic mass is 16.5. The maximum atomic E-state index is 11.8. The second-order valence-electron chi connectivity index (χ2n) is 4.38. The van der Waals surface area contributed by atoms with Gasteiger partial charge in [0.2, 0.25) is 0 Å². The Bertz CT molecular complexity index is 828. The minimum Gasteiger partial charge on any atom is -0.427 e. The number of aromatic nitrogens is 2. The molecule has 1 N–H and O–H groups in total. The molecule has 2 aromatic carbocycles. The zero-order valence-electron chi connectivity index (χ0n) is 10.8. The van der Waals surface area contributed by atoms with Crippen LogP contribution in [-0.4, -0.2) is 15.7 Å². The van der Waals surface area contributed by atoms with Crippen molar-refractivity contribution in [2.75, 3.05) is 0 Å². The van der Waals surface area contributed by atoms with Crippen LogP contribution in [0.4, 0.5) is 0 Å². The SMILES string of the molecule is CC(=O)Oc1ccc(-n2[nH]c(=O)c3ccccc32)cc1. The van der Waals surface area contributed by atoms with Crippen molar-refractivity contribution in [3.8, 4) is 11.4 Å². The van der Waals surface area contributed by atoms with Crippen molar-refractivity contribution in [2.45, 2.75) is 6.92 Å². The molecule has 5 nitrogen and oxygen atoms in total. The molecular formula is C15H12N2O3. The van der Waals surface area contributed by atoms with Gasteiger partial charge in [-0.05, 0) is 36.4 Å². The van der Waals surface area contributed by atoms with Crippen molar-refractivity contribution >= 4 is 16.9 Å². The van der Waals surface area contributed by atoms with Gasteiger partial charge in [0.05, 0.1) is 16.6 Å². The highest BCUT2D eigenvalue weighted by molar-refractivity contribution is 5.80. The number of carbonyl (C=O) groups is 1. The van der Waals surface area contributed by atoms with E-state index in [4.69, 9.17) is 4.74 Å². The smallest absolute Gasteiger partial charge is 0.308 e. The first-order chi connectivity index (χ1) is 9.65. The molecule has 0 amide bonds. The van der Waals surface area contributed by atoms with E-state index in [9.17, 15) is 9.59 Å². The van der Waals surface area contributed by atoms with Crippen LogP contribution in [-0.2, 0) is 4.79 Å². The summed E-state index contributed by atoms with van der Waals surface area (Å²) in [6.45, 7) is 1.35. The zero-order valence-corrected chi connectivity index (χ0v) is 10.8. The highest BCUT2D eigenvalue weighted by Crippen LogP contribution is 2.18. The molecule has 0 unspecified atom stereocenters. The van der Waals surface area contributed by atoms with Crippen molar-refractivity contribution in [1.82, 2.24) is 9.78 Å². The van der Waals surface area contributed by atoms with Crippen molar-refractivity contribution in [2.24, 2.45) is 0 Å². The third-order valence-electron chi connectivity index (χ3n) is 2.96. The fraction of sp³-hybridized carbons (Fsp3) is 0.0667. The van der Waals surface area contributed by atoms with Gasteiger partial charge in [0.1, 0.15) is 5.75 Å². The van der Waals surface area contributed by atoms with E-state index >= 15 is 0 Å². The number of carbonyl (C=O) groups excluding carboxylic acids is 1. The molecule has 0 aliphatic rings. The summed E-state index contributed by atoms with van der Waals surface area (Å²) in [6, 6.07) is 14.3. The molecule has 0 atom stereocenters. The number of rotatable bonds is 2. The van der Waals surface area contributed by atoms with Crippen LogP contribution in [0.2, 0.25) is 0 Å². The van der Waals surface area contributed by atoms with E-state index in [2.05, 4.69) is 5.10 Å². The summed E-state index contributed by atoms with van der Waals surface area (Å²) in [5, 5.41) is 3.42. The standard InChI is InChI=1S/C15H12N2O3/c1-10(18)20-12-8-6-11(7-9-12)17-14-5-3-2-4-13(14)15(19)16-17/h2-9H,1H3,(H,16,19). The Labute approximate surface area is 114 Å². The molecule has 3 aromatic rings. The van der Waals surface area contributed by atoms with E-state index in [0.717, 1.165) is 11.2 Å². The average Bonchev–Trinajstić information content (AvgIpc) is 2.77. The lowest BCUT2D eigenvalue weighted by atomic mass is 10.2. The molecule has 5 heteroatoms. The largest absolute Gasteiger partial charge is 0.427 e. The molecule has 20 heavy (non-hydrogen) atoms. The topological polar surface area (TPSA) is 64.1 Å². The molecule has 1 heterocycles. The minimum absolute atomic E-state index is 0.135. The number of aromatic amines is 1. The van der Waals surface area contributed by atoms with E-state index < -0.39 is 0 Å². The van der Waals surface area contributed by atoms with E-state index in [1.165, 1.54) is 6.92 Å². The lowest BCUT2D eigenvalue weighted by Crippen LogP contribution is -2.04. The van der Waals surface area contributed by atoms with Gasteiger partial charge < -0.3 is 4.74 Å². The van der Waals surface area contributed by atoms with Crippen LogP contribution in [0.3, 0.4) is 0 Å². The molecule has 3 rings (SSSR count). The summed E-state index contributed by atoms with van der Waals surface area (Å²) in [7, 11) is 0. The maximum absolute atomic E-state index is 11.8. The third kappa shape index (κ3) is 2.09. The molecule has 0 aliphatic carbocycles. The molecule has 0 aliphatic heterocycles. The predicted octanol–water partition coefficient (Wildman–Crippen LogP) is 2.24. The van der Waals surface area contributed by atoms with Gasteiger partial charge in [-0.3, -0.25) is 19.4 Å². The fourth-order valence-corrected chi connectivity index (χ4v) is 2.12. The van der Waals surface area contributed by atoms with Gasteiger partial charge in [0, 0.05) is 6.92 Å². The van der Waals surface area contributed by atoms with E-state index in [0.29, 0.717) is 11.1 Å². The Balaban J connectivity index is 2.07. The van der Waals surface area contributed by atoms with Gasteiger partial charge in [-0.1, -0.05) is 12.1 Å². The van der Waals surface area contributed by atoms with Crippen LogP contribution in [0, 0.1) is 0 Å². The average molecular weight is 268 g/mol. The Kier molecular flexibility index (Phi) is 2.87. The highest BCUT2D eigenvalue weighted by Gasteiger charge is 2.07. The molecule has 0 radical (unpaired) electrons. The molecule has 0 saturated carbocycles. The van der Waals surface area contributed by atoms with Crippen LogP contribution < -0.4 is 10.3 Å². The molecule has 0 spiro atoms. The summed E-state index contributed by atoms with van der Waals surface area (Å²) in [6.07, 6.45) is 0. The number of H-pyrrole nitrogens is 1. The van der Waals surface area contributed by atoms with Crippen molar-refractivity contribution in [3.63, 3.8) is 0 Å². The molecule has 100 valence electrons. The Morgan fingerprint density at radius 2 is 1.80 bits per heavy atom. The van der Waals surface area contributed by atoms with Gasteiger partial charge in [0.15, 0.2) is 0 Å². The van der Waals surface area contributed by atoms with E-state index in [-0.39, 0.29) is 11.5 Å². The number of benzene rings is 2. The third-order valence-corrected chi connectivity index (χ3v) is 2.96. The number of esters is 1. The van der Waals surface area contributed by atoms with Crippen LogP contribution in [0.25, 0.3) is 16.6 Å². The summed E-state index contributed by atoms with van der Waals surface area (Å²) in [5.41, 5.74) is 1.46. The van der Waals surface area contributed by atoms with E-state index in [1.54, 1.807) is 35.0 Å². The summed E-state index contributed by atoms with van der Waals surface area (Å²) >= 11 is 0. The Hall–Kier alpha value is -2.82. The van der Waals surface area contributed by atoms with Gasteiger partial charge in [-0.2, -0.15) is 0 Å². The summed E-state index contributed by atoms with van der Waals surface area (Å²) < 4.78 is 6.68. The number of nitrogens with one attached hydrogen (secondary N) is 1. The number of fused-ring (bicyclic) bond motifs is 1. The molecule has 0 saturated heterocycles. The maximum Gasteiger partial charge on any atom is 0.308 e. The number of hydrogen-bond donors (Lipinski definition) is 1. The molecule has 0 fully saturated rings. The molecular weight excluding hydrogens is 256 g/mol. The van der Waals surface area contributed by atoms with Gasteiger partial charge in [-0.15, -0.1) is 0 Å². The van der Waals surface area contributed by atoms with Gasteiger partial charge >= 0.3 is 5.97 Å². The first kappa shape index (κ1) is 12.2. The fourth-order valence-electron chi connectivity index (χ4n) is 2.12.